The van der Waals surface area contributed by atoms with Gasteiger partial charge in [-0.1, -0.05) is 19.1 Å². The van der Waals surface area contributed by atoms with Crippen molar-refractivity contribution in [2.45, 2.75) is 26.4 Å². The lowest BCUT2D eigenvalue weighted by Crippen LogP contribution is -2.22. The lowest BCUT2D eigenvalue weighted by molar-refractivity contribution is -0.148. The molecule has 94 valence electrons. The van der Waals surface area contributed by atoms with Crippen LogP contribution in [0.4, 0.5) is 0 Å². The Morgan fingerprint density at radius 2 is 2.00 bits per heavy atom. The maximum atomic E-state index is 11.6. The topological polar surface area (TPSA) is 52.6 Å². The van der Waals surface area contributed by atoms with E-state index < -0.39 is 0 Å². The zero-order valence-corrected chi connectivity index (χ0v) is 10.4. The Balaban J connectivity index is 2.08. The smallest absolute Gasteiger partial charge is 0.312 e. The van der Waals surface area contributed by atoms with E-state index in [4.69, 9.17) is 9.47 Å². The van der Waals surface area contributed by atoms with Gasteiger partial charge in [-0.15, -0.1) is 0 Å². The molecule has 4 heteroatoms. The van der Waals surface area contributed by atoms with Crippen molar-refractivity contribution in [2.24, 2.45) is 23.7 Å². The van der Waals surface area contributed by atoms with Crippen LogP contribution < -0.4 is 0 Å². The SMILES string of the molecule is COC(=O)[C@H]1C=C[C@@H]2[C@@H](C)[C@@H](OC(C)=O)C[C@@H]21. The first-order valence-electron chi connectivity index (χ1n) is 5.98. The lowest BCUT2D eigenvalue weighted by Gasteiger charge is -2.17. The van der Waals surface area contributed by atoms with E-state index in [-0.39, 0.29) is 35.8 Å². The van der Waals surface area contributed by atoms with Crippen LogP contribution in [0.2, 0.25) is 0 Å². The van der Waals surface area contributed by atoms with E-state index in [1.807, 2.05) is 6.08 Å². The monoisotopic (exact) mass is 238 g/mol. The largest absolute Gasteiger partial charge is 0.469 e. The lowest BCUT2D eigenvalue weighted by atomic mass is 9.88. The van der Waals surface area contributed by atoms with Crippen LogP contribution in [0.5, 0.6) is 0 Å². The molecule has 2 aliphatic rings. The van der Waals surface area contributed by atoms with E-state index in [9.17, 15) is 9.59 Å². The summed E-state index contributed by atoms with van der Waals surface area (Å²) in [5.41, 5.74) is 0. The quantitative estimate of drug-likeness (QED) is 0.541. The molecule has 0 spiro atoms. The van der Waals surface area contributed by atoms with Crippen LogP contribution in [-0.4, -0.2) is 25.2 Å². The number of methoxy groups -OCH3 is 1. The summed E-state index contributed by atoms with van der Waals surface area (Å²) in [6, 6.07) is 0. The second-order valence-electron chi connectivity index (χ2n) is 4.92. The van der Waals surface area contributed by atoms with Crippen LogP contribution in [0.1, 0.15) is 20.3 Å². The van der Waals surface area contributed by atoms with Crippen molar-refractivity contribution in [1.29, 1.82) is 0 Å². The van der Waals surface area contributed by atoms with Crippen LogP contribution in [0.15, 0.2) is 12.2 Å². The van der Waals surface area contributed by atoms with Crippen molar-refractivity contribution >= 4 is 11.9 Å². The molecule has 1 fully saturated rings. The highest BCUT2D eigenvalue weighted by molar-refractivity contribution is 5.75. The molecular formula is C13H18O4. The first-order valence-corrected chi connectivity index (χ1v) is 5.98. The zero-order valence-electron chi connectivity index (χ0n) is 10.4. The number of carbonyl (C=O) groups is 2. The van der Waals surface area contributed by atoms with Gasteiger partial charge in [0.25, 0.3) is 0 Å². The molecule has 5 atom stereocenters. The Kier molecular flexibility index (Phi) is 3.22. The van der Waals surface area contributed by atoms with Gasteiger partial charge < -0.3 is 9.47 Å². The highest BCUT2D eigenvalue weighted by atomic mass is 16.5. The zero-order chi connectivity index (χ0) is 12.6. The molecular weight excluding hydrogens is 220 g/mol. The summed E-state index contributed by atoms with van der Waals surface area (Å²) in [4.78, 5) is 22.6. The Morgan fingerprint density at radius 1 is 1.29 bits per heavy atom. The van der Waals surface area contributed by atoms with Gasteiger partial charge in [0.2, 0.25) is 0 Å². The molecule has 0 N–H and O–H groups in total. The maximum Gasteiger partial charge on any atom is 0.312 e. The number of fused-ring (bicyclic) bond motifs is 1. The second-order valence-corrected chi connectivity index (χ2v) is 4.92. The van der Waals surface area contributed by atoms with Gasteiger partial charge in [0, 0.05) is 6.92 Å². The van der Waals surface area contributed by atoms with Gasteiger partial charge in [-0.3, -0.25) is 9.59 Å². The van der Waals surface area contributed by atoms with Gasteiger partial charge in [0.15, 0.2) is 0 Å². The summed E-state index contributed by atoms with van der Waals surface area (Å²) in [6.07, 6.45) is 4.68. The molecule has 0 aromatic carbocycles. The van der Waals surface area contributed by atoms with Gasteiger partial charge in [0.05, 0.1) is 13.0 Å². The first-order chi connectivity index (χ1) is 8.04. The normalized spacial score (nSPS) is 38.9. The van der Waals surface area contributed by atoms with Crippen molar-refractivity contribution in [2.75, 3.05) is 7.11 Å². The van der Waals surface area contributed by atoms with Crippen LogP contribution in [0, 0.1) is 23.7 Å². The molecule has 0 aromatic heterocycles. The Bertz CT molecular complexity index is 360. The summed E-state index contributed by atoms with van der Waals surface area (Å²) in [5, 5.41) is 0. The molecule has 0 bridgehead atoms. The van der Waals surface area contributed by atoms with Gasteiger partial charge in [-0.25, -0.2) is 0 Å². The minimum absolute atomic E-state index is 0.0698. The van der Waals surface area contributed by atoms with Crippen molar-refractivity contribution < 1.29 is 19.1 Å². The van der Waals surface area contributed by atoms with E-state index in [1.165, 1.54) is 14.0 Å². The van der Waals surface area contributed by atoms with Gasteiger partial charge in [0.1, 0.15) is 6.10 Å². The molecule has 0 aliphatic heterocycles. The standard InChI is InChI=1S/C13H18O4/c1-7-9-4-5-10(13(15)16-3)11(9)6-12(7)17-8(2)14/h4-5,7,9-12H,6H2,1-3H3/t7-,9-,10+,11+,12+/m1/s1. The summed E-state index contributed by atoms with van der Waals surface area (Å²) in [6.45, 7) is 3.50. The van der Waals surface area contributed by atoms with E-state index in [1.54, 1.807) is 0 Å². The molecule has 2 aliphatic carbocycles. The minimum atomic E-state index is -0.250. The highest BCUT2D eigenvalue weighted by Crippen LogP contribution is 2.48. The van der Waals surface area contributed by atoms with E-state index >= 15 is 0 Å². The fraction of sp³-hybridized carbons (Fsp3) is 0.692. The number of hydrogen-bond acceptors (Lipinski definition) is 4. The number of allylic oxidation sites excluding steroid dienone is 1. The average molecular weight is 238 g/mol. The predicted molar refractivity (Wildman–Crippen MR) is 61.0 cm³/mol. The fourth-order valence-corrected chi connectivity index (χ4v) is 3.13. The summed E-state index contributed by atoms with van der Waals surface area (Å²) < 4.78 is 10.1. The molecule has 2 rings (SSSR count). The highest BCUT2D eigenvalue weighted by Gasteiger charge is 2.48. The number of rotatable bonds is 2. The molecule has 0 aromatic rings. The van der Waals surface area contributed by atoms with Crippen molar-refractivity contribution in [1.82, 2.24) is 0 Å². The Morgan fingerprint density at radius 3 is 2.59 bits per heavy atom. The number of hydrogen-bond donors (Lipinski definition) is 0. The van der Waals surface area contributed by atoms with Crippen LogP contribution >= 0.6 is 0 Å². The summed E-state index contributed by atoms with van der Waals surface area (Å²) in [7, 11) is 1.41. The molecule has 4 nitrogen and oxygen atoms in total. The molecule has 0 saturated heterocycles. The molecule has 0 amide bonds. The Hall–Kier alpha value is -1.32. The van der Waals surface area contributed by atoms with E-state index in [0.717, 1.165) is 6.42 Å². The predicted octanol–water partition coefficient (Wildman–Crippen LogP) is 1.55. The third-order valence-corrected chi connectivity index (χ3v) is 3.99. The second kappa shape index (κ2) is 4.51. The number of carbonyl (C=O) groups excluding carboxylic acids is 2. The van der Waals surface area contributed by atoms with Crippen molar-refractivity contribution in [3.05, 3.63) is 12.2 Å². The van der Waals surface area contributed by atoms with E-state index in [2.05, 4.69) is 13.0 Å². The minimum Gasteiger partial charge on any atom is -0.469 e. The average Bonchev–Trinajstić information content (AvgIpc) is 2.80. The number of ether oxygens (including phenoxy) is 2. The third-order valence-electron chi connectivity index (χ3n) is 3.99. The van der Waals surface area contributed by atoms with Crippen LogP contribution in [-0.2, 0) is 19.1 Å². The fourth-order valence-electron chi connectivity index (χ4n) is 3.13. The number of esters is 2. The third kappa shape index (κ3) is 2.08. The van der Waals surface area contributed by atoms with Gasteiger partial charge >= 0.3 is 11.9 Å². The Labute approximate surface area is 101 Å². The van der Waals surface area contributed by atoms with Crippen LogP contribution in [0.25, 0.3) is 0 Å². The molecule has 0 unspecified atom stereocenters. The van der Waals surface area contributed by atoms with Crippen molar-refractivity contribution in [3.8, 4) is 0 Å². The molecule has 17 heavy (non-hydrogen) atoms. The van der Waals surface area contributed by atoms with E-state index in [0.29, 0.717) is 5.92 Å². The van der Waals surface area contributed by atoms with Crippen molar-refractivity contribution in [3.63, 3.8) is 0 Å². The van der Waals surface area contributed by atoms with Gasteiger partial charge in [-0.05, 0) is 24.2 Å². The molecule has 1 saturated carbocycles. The molecule has 0 heterocycles. The first kappa shape index (κ1) is 12.1. The van der Waals surface area contributed by atoms with Crippen LogP contribution in [0.3, 0.4) is 0 Å². The molecule has 0 radical (unpaired) electrons. The van der Waals surface area contributed by atoms with Gasteiger partial charge in [-0.2, -0.15) is 0 Å². The summed E-state index contributed by atoms with van der Waals surface area (Å²) >= 11 is 0. The maximum absolute atomic E-state index is 11.6. The summed E-state index contributed by atoms with van der Waals surface area (Å²) in [5.74, 6) is 0.206.